The molecule has 1 atom stereocenters. The molecule has 0 fully saturated rings. The quantitative estimate of drug-likeness (QED) is 0.275. The van der Waals surface area contributed by atoms with E-state index < -0.39 is 6.04 Å². The SMILES string of the molecule is COc1ccc(CC(=O)N(Cc2ccc(Cl)cc2)[C@@H](C(=O)NCc2cccnc2)c2ccccc2)cc1OC. The Hall–Kier alpha value is -4.36. The molecule has 1 N–H and O–H groups in total. The van der Waals surface area contributed by atoms with Crippen LogP contribution in [0.3, 0.4) is 0 Å². The largest absolute Gasteiger partial charge is 0.493 e. The van der Waals surface area contributed by atoms with E-state index in [1.54, 1.807) is 55.8 Å². The number of carbonyl (C=O) groups is 2. The fourth-order valence-corrected chi connectivity index (χ4v) is 4.40. The van der Waals surface area contributed by atoms with Gasteiger partial charge in [0, 0.05) is 30.5 Å². The van der Waals surface area contributed by atoms with Gasteiger partial charge in [0.1, 0.15) is 6.04 Å². The Bertz CT molecular complexity index is 1380. The van der Waals surface area contributed by atoms with Gasteiger partial charge in [0.25, 0.3) is 0 Å². The number of nitrogens with zero attached hydrogens (tertiary/aromatic N) is 2. The second-order valence-corrected chi connectivity index (χ2v) is 9.34. The summed E-state index contributed by atoms with van der Waals surface area (Å²) >= 11 is 6.11. The number of pyridine rings is 1. The number of halogens is 1. The summed E-state index contributed by atoms with van der Waals surface area (Å²) in [4.78, 5) is 33.5. The average molecular weight is 544 g/mol. The van der Waals surface area contributed by atoms with Crippen molar-refractivity contribution in [2.24, 2.45) is 0 Å². The third kappa shape index (κ3) is 7.36. The predicted molar refractivity (Wildman–Crippen MR) is 151 cm³/mol. The zero-order chi connectivity index (χ0) is 27.6. The molecule has 1 heterocycles. The molecule has 0 saturated carbocycles. The Morgan fingerprint density at radius 3 is 2.26 bits per heavy atom. The third-order valence-electron chi connectivity index (χ3n) is 6.25. The minimum Gasteiger partial charge on any atom is -0.493 e. The van der Waals surface area contributed by atoms with Gasteiger partial charge < -0.3 is 19.7 Å². The highest BCUT2D eigenvalue weighted by molar-refractivity contribution is 6.30. The molecule has 7 nitrogen and oxygen atoms in total. The Labute approximate surface area is 233 Å². The standard InChI is InChI=1S/C31H30ClN3O4/c1-38-27-15-12-23(17-28(27)39-2)18-29(36)35(21-22-10-13-26(32)14-11-22)30(25-8-4-3-5-9-25)31(37)34-20-24-7-6-16-33-19-24/h3-17,19,30H,18,20-21H2,1-2H3,(H,34,37)/t30-/m1/s1. The van der Waals surface area contributed by atoms with Crippen molar-refractivity contribution < 1.29 is 19.1 Å². The first kappa shape index (κ1) is 27.7. The lowest BCUT2D eigenvalue weighted by atomic mass is 10.0. The van der Waals surface area contributed by atoms with E-state index in [2.05, 4.69) is 10.3 Å². The van der Waals surface area contributed by atoms with Gasteiger partial charge in [-0.1, -0.05) is 66.2 Å². The number of rotatable bonds is 11. The summed E-state index contributed by atoms with van der Waals surface area (Å²) in [7, 11) is 3.11. The molecular formula is C31H30ClN3O4. The number of methoxy groups -OCH3 is 2. The van der Waals surface area contributed by atoms with Gasteiger partial charge in [0.05, 0.1) is 20.6 Å². The van der Waals surface area contributed by atoms with Crippen LogP contribution in [0.1, 0.15) is 28.3 Å². The molecular weight excluding hydrogens is 514 g/mol. The van der Waals surface area contributed by atoms with Crippen molar-refractivity contribution in [2.45, 2.75) is 25.6 Å². The minimum atomic E-state index is -0.869. The Morgan fingerprint density at radius 2 is 1.59 bits per heavy atom. The first-order chi connectivity index (χ1) is 19.0. The van der Waals surface area contributed by atoms with E-state index in [-0.39, 0.29) is 31.3 Å². The first-order valence-electron chi connectivity index (χ1n) is 12.4. The lowest BCUT2D eigenvalue weighted by Crippen LogP contribution is -2.43. The van der Waals surface area contributed by atoms with Crippen molar-refractivity contribution in [3.05, 3.63) is 125 Å². The van der Waals surface area contributed by atoms with Crippen molar-refractivity contribution in [1.29, 1.82) is 0 Å². The molecule has 0 unspecified atom stereocenters. The summed E-state index contributed by atoms with van der Waals surface area (Å²) in [5.41, 5.74) is 3.15. The summed E-state index contributed by atoms with van der Waals surface area (Å²) in [6.07, 6.45) is 3.44. The van der Waals surface area contributed by atoms with E-state index in [0.29, 0.717) is 22.1 Å². The topological polar surface area (TPSA) is 80.8 Å². The van der Waals surface area contributed by atoms with Crippen LogP contribution in [0.15, 0.2) is 97.3 Å². The summed E-state index contributed by atoms with van der Waals surface area (Å²) in [5, 5.41) is 3.59. The lowest BCUT2D eigenvalue weighted by Gasteiger charge is -2.32. The van der Waals surface area contributed by atoms with E-state index >= 15 is 0 Å². The van der Waals surface area contributed by atoms with E-state index in [9.17, 15) is 9.59 Å². The van der Waals surface area contributed by atoms with Crippen LogP contribution in [-0.2, 0) is 29.1 Å². The van der Waals surface area contributed by atoms with Gasteiger partial charge in [-0.05, 0) is 52.6 Å². The molecule has 3 aromatic carbocycles. The fraction of sp³-hybridized carbons (Fsp3) is 0.194. The summed E-state index contributed by atoms with van der Waals surface area (Å²) < 4.78 is 10.8. The molecule has 200 valence electrons. The number of hydrogen-bond acceptors (Lipinski definition) is 5. The summed E-state index contributed by atoms with van der Waals surface area (Å²) in [6.45, 7) is 0.498. The maximum absolute atomic E-state index is 14.0. The minimum absolute atomic E-state index is 0.0627. The molecule has 4 aromatic rings. The molecule has 0 aliphatic carbocycles. The molecule has 0 bridgehead atoms. The van der Waals surface area contributed by atoms with Crippen molar-refractivity contribution in [3.63, 3.8) is 0 Å². The van der Waals surface area contributed by atoms with Crippen molar-refractivity contribution in [1.82, 2.24) is 15.2 Å². The molecule has 0 aliphatic heterocycles. The van der Waals surface area contributed by atoms with E-state index in [4.69, 9.17) is 21.1 Å². The van der Waals surface area contributed by atoms with Crippen LogP contribution in [0.2, 0.25) is 5.02 Å². The first-order valence-corrected chi connectivity index (χ1v) is 12.8. The van der Waals surface area contributed by atoms with Gasteiger partial charge in [0.2, 0.25) is 11.8 Å². The van der Waals surface area contributed by atoms with E-state index in [0.717, 1.165) is 16.7 Å². The molecule has 8 heteroatoms. The number of ether oxygens (including phenoxy) is 2. The Morgan fingerprint density at radius 1 is 0.872 bits per heavy atom. The van der Waals surface area contributed by atoms with Crippen LogP contribution in [0.25, 0.3) is 0 Å². The third-order valence-corrected chi connectivity index (χ3v) is 6.51. The monoisotopic (exact) mass is 543 g/mol. The summed E-state index contributed by atoms with van der Waals surface area (Å²) in [5.74, 6) is 0.590. The van der Waals surface area contributed by atoms with Crippen LogP contribution >= 0.6 is 11.6 Å². The van der Waals surface area contributed by atoms with Gasteiger partial charge in [-0.15, -0.1) is 0 Å². The van der Waals surface area contributed by atoms with Crippen LogP contribution < -0.4 is 14.8 Å². The molecule has 1 aromatic heterocycles. The van der Waals surface area contributed by atoms with Crippen molar-refractivity contribution in [2.75, 3.05) is 14.2 Å². The maximum Gasteiger partial charge on any atom is 0.247 e. The predicted octanol–water partition coefficient (Wildman–Crippen LogP) is 5.38. The van der Waals surface area contributed by atoms with Gasteiger partial charge in [-0.25, -0.2) is 0 Å². The number of aromatic nitrogens is 1. The number of hydrogen-bond donors (Lipinski definition) is 1. The van der Waals surface area contributed by atoms with Crippen LogP contribution in [0.4, 0.5) is 0 Å². The molecule has 39 heavy (non-hydrogen) atoms. The molecule has 0 spiro atoms. The smallest absolute Gasteiger partial charge is 0.247 e. The van der Waals surface area contributed by atoms with Crippen LogP contribution in [0, 0.1) is 0 Å². The van der Waals surface area contributed by atoms with Crippen LogP contribution in [-0.4, -0.2) is 35.9 Å². The van der Waals surface area contributed by atoms with Gasteiger partial charge >= 0.3 is 0 Å². The number of benzene rings is 3. The highest BCUT2D eigenvalue weighted by Crippen LogP contribution is 2.29. The highest BCUT2D eigenvalue weighted by atomic mass is 35.5. The molecule has 0 radical (unpaired) electrons. The second kappa shape index (κ2) is 13.4. The zero-order valence-corrected chi connectivity index (χ0v) is 22.6. The number of amides is 2. The number of nitrogens with one attached hydrogen (secondary N) is 1. The van der Waals surface area contributed by atoms with E-state index in [1.165, 1.54) is 0 Å². The van der Waals surface area contributed by atoms with Crippen molar-refractivity contribution >= 4 is 23.4 Å². The zero-order valence-electron chi connectivity index (χ0n) is 21.8. The second-order valence-electron chi connectivity index (χ2n) is 8.91. The van der Waals surface area contributed by atoms with Gasteiger partial charge in [-0.2, -0.15) is 0 Å². The van der Waals surface area contributed by atoms with Crippen molar-refractivity contribution in [3.8, 4) is 11.5 Å². The normalized spacial score (nSPS) is 11.4. The average Bonchev–Trinajstić information content (AvgIpc) is 2.97. The lowest BCUT2D eigenvalue weighted by molar-refractivity contribution is -0.141. The van der Waals surface area contributed by atoms with Gasteiger partial charge in [-0.3, -0.25) is 14.6 Å². The van der Waals surface area contributed by atoms with Gasteiger partial charge in [0.15, 0.2) is 11.5 Å². The number of carbonyl (C=O) groups excluding carboxylic acids is 2. The van der Waals surface area contributed by atoms with Crippen LogP contribution in [0.5, 0.6) is 11.5 Å². The fourth-order valence-electron chi connectivity index (χ4n) is 4.27. The highest BCUT2D eigenvalue weighted by Gasteiger charge is 2.31. The molecule has 0 saturated heterocycles. The van der Waals surface area contributed by atoms with E-state index in [1.807, 2.05) is 60.7 Å². The molecule has 2 amide bonds. The Kier molecular flexibility index (Phi) is 9.53. The maximum atomic E-state index is 14.0. The summed E-state index contributed by atoms with van der Waals surface area (Å²) in [6, 6.07) is 24.7. The molecule has 4 rings (SSSR count). The molecule has 0 aliphatic rings. The Balaban J connectivity index is 1.68.